The third kappa shape index (κ3) is 8.05. The number of nitrogens with two attached hydrogens (primary N) is 1. The standard InChI is InChI=1S/C22H47N/c1-8-12-13-16-21(17(5)14-9-2)22(18(6)19(7)23)20(11-4)15-10-3/h17-22H,8-16,23H2,1-7H3. The average Bonchev–Trinajstić information content (AvgIpc) is 2.52. The molecule has 0 aromatic carbocycles. The van der Waals surface area contributed by atoms with Crippen molar-refractivity contribution in [3.63, 3.8) is 0 Å². The van der Waals surface area contributed by atoms with Gasteiger partial charge in [-0.05, 0) is 42.9 Å². The molecule has 1 heteroatoms. The zero-order valence-corrected chi connectivity index (χ0v) is 17.4. The number of unbranched alkanes of at least 4 members (excludes halogenated alkanes) is 2. The van der Waals surface area contributed by atoms with E-state index in [-0.39, 0.29) is 0 Å². The van der Waals surface area contributed by atoms with Gasteiger partial charge in [0.05, 0.1) is 0 Å². The van der Waals surface area contributed by atoms with E-state index in [0.29, 0.717) is 12.0 Å². The van der Waals surface area contributed by atoms with Gasteiger partial charge in [-0.1, -0.05) is 92.9 Å². The molecule has 6 atom stereocenters. The van der Waals surface area contributed by atoms with Crippen LogP contribution in [0.1, 0.15) is 106 Å². The van der Waals surface area contributed by atoms with Crippen LogP contribution in [-0.2, 0) is 0 Å². The monoisotopic (exact) mass is 325 g/mol. The first-order chi connectivity index (χ1) is 10.9. The van der Waals surface area contributed by atoms with E-state index >= 15 is 0 Å². The molecule has 0 aromatic heterocycles. The molecule has 0 radical (unpaired) electrons. The van der Waals surface area contributed by atoms with Gasteiger partial charge in [0.2, 0.25) is 0 Å². The molecule has 0 spiro atoms. The van der Waals surface area contributed by atoms with Gasteiger partial charge in [0, 0.05) is 6.04 Å². The third-order valence-electron chi connectivity index (χ3n) is 6.27. The van der Waals surface area contributed by atoms with E-state index in [4.69, 9.17) is 5.73 Å². The lowest BCUT2D eigenvalue weighted by Gasteiger charge is -2.42. The van der Waals surface area contributed by atoms with Gasteiger partial charge < -0.3 is 5.73 Å². The van der Waals surface area contributed by atoms with Crippen LogP contribution in [0.25, 0.3) is 0 Å². The molecule has 0 aromatic rings. The lowest BCUT2D eigenvalue weighted by molar-refractivity contribution is 0.0787. The first-order valence-corrected chi connectivity index (χ1v) is 10.7. The van der Waals surface area contributed by atoms with Crippen LogP contribution in [0.15, 0.2) is 0 Å². The van der Waals surface area contributed by atoms with Gasteiger partial charge in [0.25, 0.3) is 0 Å². The summed E-state index contributed by atoms with van der Waals surface area (Å²) in [5.74, 6) is 4.00. The van der Waals surface area contributed by atoms with Crippen LogP contribution < -0.4 is 5.73 Å². The van der Waals surface area contributed by atoms with Crippen molar-refractivity contribution in [2.24, 2.45) is 35.3 Å². The minimum absolute atomic E-state index is 0.313. The van der Waals surface area contributed by atoms with Gasteiger partial charge in [-0.2, -0.15) is 0 Å². The van der Waals surface area contributed by atoms with Crippen molar-refractivity contribution in [1.82, 2.24) is 0 Å². The summed E-state index contributed by atoms with van der Waals surface area (Å²) in [5.41, 5.74) is 6.39. The molecule has 0 amide bonds. The van der Waals surface area contributed by atoms with E-state index in [1.165, 1.54) is 57.8 Å². The molecule has 0 fully saturated rings. The Bertz CT molecular complexity index is 261. The molecule has 2 N–H and O–H groups in total. The van der Waals surface area contributed by atoms with Crippen LogP contribution in [0.4, 0.5) is 0 Å². The topological polar surface area (TPSA) is 26.0 Å². The van der Waals surface area contributed by atoms with E-state index in [9.17, 15) is 0 Å². The maximum Gasteiger partial charge on any atom is 0.00389 e. The molecule has 0 bridgehead atoms. The summed E-state index contributed by atoms with van der Waals surface area (Å²) in [7, 11) is 0. The second kappa shape index (κ2) is 13.3. The van der Waals surface area contributed by atoms with Crippen molar-refractivity contribution in [2.45, 2.75) is 112 Å². The van der Waals surface area contributed by atoms with Crippen molar-refractivity contribution in [3.05, 3.63) is 0 Å². The molecule has 6 unspecified atom stereocenters. The minimum atomic E-state index is 0.313. The fourth-order valence-corrected chi connectivity index (χ4v) is 4.71. The molecular formula is C22H47N. The van der Waals surface area contributed by atoms with Crippen LogP contribution >= 0.6 is 0 Å². The molecule has 0 aliphatic rings. The molecule has 0 aliphatic carbocycles. The van der Waals surface area contributed by atoms with Crippen LogP contribution in [-0.4, -0.2) is 6.04 Å². The Labute approximate surface area is 148 Å². The van der Waals surface area contributed by atoms with Crippen molar-refractivity contribution in [2.75, 3.05) is 0 Å². The minimum Gasteiger partial charge on any atom is -0.328 e. The van der Waals surface area contributed by atoms with Crippen molar-refractivity contribution >= 4 is 0 Å². The molecule has 0 rings (SSSR count). The molecule has 0 aliphatic heterocycles. The quantitative estimate of drug-likeness (QED) is 0.340. The zero-order chi connectivity index (χ0) is 17.8. The molecule has 0 saturated heterocycles. The van der Waals surface area contributed by atoms with Gasteiger partial charge in [0.15, 0.2) is 0 Å². The smallest absolute Gasteiger partial charge is 0.00389 e. The van der Waals surface area contributed by atoms with Gasteiger partial charge in [-0.25, -0.2) is 0 Å². The van der Waals surface area contributed by atoms with Crippen molar-refractivity contribution in [3.8, 4) is 0 Å². The SMILES string of the molecule is CCCCCC(C(C)CCC)C(C(CC)CCC)C(C)C(C)N. The summed E-state index contributed by atoms with van der Waals surface area (Å²) in [6, 6.07) is 0.313. The predicted octanol–water partition coefficient (Wildman–Crippen LogP) is 7.04. The van der Waals surface area contributed by atoms with Gasteiger partial charge >= 0.3 is 0 Å². The highest BCUT2D eigenvalue weighted by molar-refractivity contribution is 4.86. The highest BCUT2D eigenvalue weighted by Gasteiger charge is 2.36. The Morgan fingerprint density at radius 2 is 1.35 bits per heavy atom. The first-order valence-electron chi connectivity index (χ1n) is 10.7. The predicted molar refractivity (Wildman–Crippen MR) is 107 cm³/mol. The summed E-state index contributed by atoms with van der Waals surface area (Å²) in [5, 5.41) is 0. The zero-order valence-electron chi connectivity index (χ0n) is 17.4. The van der Waals surface area contributed by atoms with Crippen LogP contribution in [0.3, 0.4) is 0 Å². The second-order valence-electron chi connectivity index (χ2n) is 8.18. The van der Waals surface area contributed by atoms with Crippen molar-refractivity contribution < 1.29 is 0 Å². The normalized spacial score (nSPS) is 19.8. The van der Waals surface area contributed by atoms with Gasteiger partial charge in [-0.3, -0.25) is 0 Å². The van der Waals surface area contributed by atoms with Gasteiger partial charge in [-0.15, -0.1) is 0 Å². The Kier molecular flexibility index (Phi) is 13.3. The Balaban J connectivity index is 5.38. The summed E-state index contributed by atoms with van der Waals surface area (Å²) in [6.07, 6.45) is 12.2. The molecule has 0 saturated carbocycles. The van der Waals surface area contributed by atoms with Crippen LogP contribution in [0.2, 0.25) is 0 Å². The molecule has 1 nitrogen and oxygen atoms in total. The lowest BCUT2D eigenvalue weighted by atomic mass is 9.64. The second-order valence-corrected chi connectivity index (χ2v) is 8.18. The Morgan fingerprint density at radius 3 is 1.78 bits per heavy atom. The van der Waals surface area contributed by atoms with Crippen LogP contribution in [0, 0.1) is 29.6 Å². The molecular weight excluding hydrogens is 278 g/mol. The fraction of sp³-hybridized carbons (Fsp3) is 1.00. The lowest BCUT2D eigenvalue weighted by Crippen LogP contribution is -2.40. The largest absolute Gasteiger partial charge is 0.328 e. The van der Waals surface area contributed by atoms with E-state index in [1.807, 2.05) is 0 Å². The fourth-order valence-electron chi connectivity index (χ4n) is 4.71. The summed E-state index contributed by atoms with van der Waals surface area (Å²) in [6.45, 7) is 16.6. The van der Waals surface area contributed by atoms with Gasteiger partial charge in [0.1, 0.15) is 0 Å². The highest BCUT2D eigenvalue weighted by Crippen LogP contribution is 2.42. The van der Waals surface area contributed by atoms with Crippen LogP contribution in [0.5, 0.6) is 0 Å². The van der Waals surface area contributed by atoms with E-state index in [0.717, 1.165) is 23.7 Å². The average molecular weight is 326 g/mol. The number of rotatable bonds is 14. The first kappa shape index (κ1) is 23.0. The van der Waals surface area contributed by atoms with Crippen molar-refractivity contribution in [1.29, 1.82) is 0 Å². The maximum atomic E-state index is 6.39. The summed E-state index contributed by atoms with van der Waals surface area (Å²) in [4.78, 5) is 0. The number of hydrogen-bond donors (Lipinski definition) is 1. The molecule has 23 heavy (non-hydrogen) atoms. The van der Waals surface area contributed by atoms with E-state index < -0.39 is 0 Å². The van der Waals surface area contributed by atoms with E-state index in [2.05, 4.69) is 48.5 Å². The summed E-state index contributed by atoms with van der Waals surface area (Å²) >= 11 is 0. The summed E-state index contributed by atoms with van der Waals surface area (Å²) < 4.78 is 0. The number of hydrogen-bond acceptors (Lipinski definition) is 1. The Morgan fingerprint density at radius 1 is 0.739 bits per heavy atom. The maximum absolute atomic E-state index is 6.39. The molecule has 140 valence electrons. The highest BCUT2D eigenvalue weighted by atomic mass is 14.6. The molecule has 0 heterocycles. The Hall–Kier alpha value is -0.0400. The third-order valence-corrected chi connectivity index (χ3v) is 6.27. The van der Waals surface area contributed by atoms with E-state index in [1.54, 1.807) is 0 Å².